The number of anilines is 1. The van der Waals surface area contributed by atoms with Crippen LogP contribution in [0.3, 0.4) is 0 Å². The summed E-state index contributed by atoms with van der Waals surface area (Å²) in [6, 6.07) is 4.23. The predicted molar refractivity (Wildman–Crippen MR) is 75.6 cm³/mol. The van der Waals surface area contributed by atoms with Crippen molar-refractivity contribution in [2.75, 3.05) is 17.8 Å². The van der Waals surface area contributed by atoms with E-state index in [0.29, 0.717) is 24.7 Å². The molecular weight excluding hydrogens is 288 g/mol. The number of nitrogens with zero attached hydrogens (tertiary/aromatic N) is 1. The number of phenols is 1. The summed E-state index contributed by atoms with van der Waals surface area (Å²) >= 11 is 5.75. The minimum atomic E-state index is -3.56. The quantitative estimate of drug-likeness (QED) is 0.843. The van der Waals surface area contributed by atoms with E-state index >= 15 is 0 Å². The maximum absolute atomic E-state index is 12.2. The van der Waals surface area contributed by atoms with Gasteiger partial charge in [-0.05, 0) is 37.0 Å². The molecule has 0 amide bonds. The van der Waals surface area contributed by atoms with Gasteiger partial charge in [-0.1, -0.05) is 18.5 Å². The van der Waals surface area contributed by atoms with Crippen LogP contribution in [-0.4, -0.2) is 30.9 Å². The van der Waals surface area contributed by atoms with Gasteiger partial charge in [0.2, 0.25) is 0 Å². The Morgan fingerprint density at radius 3 is 2.84 bits per heavy atom. The summed E-state index contributed by atoms with van der Waals surface area (Å²) in [5.74, 6) is 0.296. The van der Waals surface area contributed by atoms with E-state index in [1.165, 1.54) is 22.5 Å². The molecule has 5 nitrogen and oxygen atoms in total. The molecule has 1 saturated heterocycles. The SMILES string of the molecule is CC1CCCN(S(=O)(=O)Nc2ccc(O)c(Cl)c2)C1. The number of phenolic OH excluding ortho intramolecular Hbond substituents is 1. The maximum atomic E-state index is 12.2. The normalized spacial score (nSPS) is 21.3. The third kappa shape index (κ3) is 3.52. The van der Waals surface area contributed by atoms with Gasteiger partial charge in [0.15, 0.2) is 0 Å². The van der Waals surface area contributed by atoms with E-state index in [-0.39, 0.29) is 10.8 Å². The van der Waals surface area contributed by atoms with Crippen LogP contribution >= 0.6 is 11.6 Å². The average Bonchev–Trinajstić information content (AvgIpc) is 2.33. The second kappa shape index (κ2) is 5.56. The van der Waals surface area contributed by atoms with Crippen molar-refractivity contribution in [2.45, 2.75) is 19.8 Å². The van der Waals surface area contributed by atoms with Gasteiger partial charge < -0.3 is 5.11 Å². The van der Waals surface area contributed by atoms with Crippen molar-refractivity contribution in [3.8, 4) is 5.75 Å². The first-order valence-corrected chi connectivity index (χ1v) is 7.96. The summed E-state index contributed by atoms with van der Waals surface area (Å²) in [7, 11) is -3.56. The highest BCUT2D eigenvalue weighted by Crippen LogP contribution is 2.27. The molecule has 1 unspecified atom stereocenters. The Hall–Kier alpha value is -0.980. The van der Waals surface area contributed by atoms with Crippen LogP contribution in [0.2, 0.25) is 5.02 Å². The van der Waals surface area contributed by atoms with Crippen LogP contribution in [-0.2, 0) is 10.2 Å². The highest BCUT2D eigenvalue weighted by Gasteiger charge is 2.27. The van der Waals surface area contributed by atoms with Gasteiger partial charge in [-0.2, -0.15) is 12.7 Å². The van der Waals surface area contributed by atoms with Gasteiger partial charge in [0.1, 0.15) is 5.75 Å². The lowest BCUT2D eigenvalue weighted by Gasteiger charge is -2.30. The maximum Gasteiger partial charge on any atom is 0.301 e. The number of piperidine rings is 1. The molecule has 1 fully saturated rings. The van der Waals surface area contributed by atoms with Gasteiger partial charge in [0.25, 0.3) is 0 Å². The number of benzene rings is 1. The zero-order valence-electron chi connectivity index (χ0n) is 10.6. The zero-order valence-corrected chi connectivity index (χ0v) is 12.2. The monoisotopic (exact) mass is 304 g/mol. The lowest BCUT2D eigenvalue weighted by Crippen LogP contribution is -2.42. The van der Waals surface area contributed by atoms with Crippen LogP contribution in [0.15, 0.2) is 18.2 Å². The van der Waals surface area contributed by atoms with E-state index in [4.69, 9.17) is 11.6 Å². The molecule has 0 aliphatic carbocycles. The molecule has 1 aromatic carbocycles. The standard InChI is InChI=1S/C12H17ClN2O3S/c1-9-3-2-6-15(8-9)19(17,18)14-10-4-5-12(16)11(13)7-10/h4-5,7,9,14,16H,2-3,6,8H2,1H3. The summed E-state index contributed by atoms with van der Waals surface area (Å²) in [5.41, 5.74) is 0.348. The molecule has 7 heteroatoms. The summed E-state index contributed by atoms with van der Waals surface area (Å²) in [6.45, 7) is 3.10. The highest BCUT2D eigenvalue weighted by atomic mass is 35.5. The van der Waals surface area contributed by atoms with Crippen LogP contribution in [0.1, 0.15) is 19.8 Å². The van der Waals surface area contributed by atoms with Crippen molar-refractivity contribution < 1.29 is 13.5 Å². The topological polar surface area (TPSA) is 69.6 Å². The fourth-order valence-corrected chi connectivity index (χ4v) is 3.70. The molecule has 0 radical (unpaired) electrons. The lowest BCUT2D eigenvalue weighted by atomic mass is 10.0. The summed E-state index contributed by atoms with van der Waals surface area (Å²) in [6.07, 6.45) is 1.93. The molecule has 106 valence electrons. The molecule has 1 aromatic rings. The Bertz CT molecular complexity index is 562. The van der Waals surface area contributed by atoms with E-state index in [1.807, 2.05) is 6.92 Å². The van der Waals surface area contributed by atoms with E-state index in [0.717, 1.165) is 12.8 Å². The Kier molecular flexibility index (Phi) is 4.23. The minimum Gasteiger partial charge on any atom is -0.506 e. The molecule has 0 saturated carbocycles. The molecule has 0 aromatic heterocycles. The van der Waals surface area contributed by atoms with Gasteiger partial charge in [-0.15, -0.1) is 0 Å². The van der Waals surface area contributed by atoms with E-state index < -0.39 is 10.2 Å². The molecule has 2 rings (SSSR count). The Morgan fingerprint density at radius 1 is 1.47 bits per heavy atom. The highest BCUT2D eigenvalue weighted by molar-refractivity contribution is 7.90. The van der Waals surface area contributed by atoms with Crippen LogP contribution in [0.4, 0.5) is 5.69 Å². The second-order valence-corrected chi connectivity index (χ2v) is 6.96. The smallest absolute Gasteiger partial charge is 0.301 e. The first-order chi connectivity index (χ1) is 8.88. The van der Waals surface area contributed by atoms with Gasteiger partial charge >= 0.3 is 10.2 Å². The molecule has 1 heterocycles. The van der Waals surface area contributed by atoms with E-state index in [2.05, 4.69) is 4.72 Å². The minimum absolute atomic E-state index is 0.0730. The van der Waals surface area contributed by atoms with Crippen LogP contribution in [0.5, 0.6) is 5.75 Å². The molecule has 1 atom stereocenters. The van der Waals surface area contributed by atoms with Gasteiger partial charge in [-0.25, -0.2) is 0 Å². The van der Waals surface area contributed by atoms with Crippen LogP contribution in [0, 0.1) is 5.92 Å². The molecular formula is C12H17ClN2O3S. The fraction of sp³-hybridized carbons (Fsp3) is 0.500. The molecule has 0 bridgehead atoms. The van der Waals surface area contributed by atoms with Crippen molar-refractivity contribution in [1.82, 2.24) is 4.31 Å². The first kappa shape index (κ1) is 14.4. The summed E-state index contributed by atoms with van der Waals surface area (Å²) in [5, 5.41) is 9.42. The van der Waals surface area contributed by atoms with Gasteiger partial charge in [-0.3, -0.25) is 4.72 Å². The van der Waals surface area contributed by atoms with Gasteiger partial charge in [0, 0.05) is 13.1 Å². The summed E-state index contributed by atoms with van der Waals surface area (Å²) < 4.78 is 28.3. The Morgan fingerprint density at radius 2 is 2.21 bits per heavy atom. The lowest BCUT2D eigenvalue weighted by molar-refractivity contribution is 0.282. The molecule has 19 heavy (non-hydrogen) atoms. The third-order valence-electron chi connectivity index (χ3n) is 3.15. The van der Waals surface area contributed by atoms with Crippen molar-refractivity contribution in [2.24, 2.45) is 5.92 Å². The number of nitrogens with one attached hydrogen (secondary N) is 1. The number of hydrogen-bond acceptors (Lipinski definition) is 3. The Balaban J connectivity index is 2.14. The fourth-order valence-electron chi connectivity index (χ4n) is 2.15. The van der Waals surface area contributed by atoms with E-state index in [9.17, 15) is 13.5 Å². The molecule has 1 aliphatic rings. The first-order valence-electron chi connectivity index (χ1n) is 6.15. The predicted octanol–water partition coefficient (Wildman–Crippen LogP) is 2.43. The summed E-state index contributed by atoms with van der Waals surface area (Å²) in [4.78, 5) is 0. The van der Waals surface area contributed by atoms with Crippen molar-refractivity contribution in [3.63, 3.8) is 0 Å². The van der Waals surface area contributed by atoms with Crippen molar-refractivity contribution in [1.29, 1.82) is 0 Å². The average molecular weight is 305 g/mol. The molecule has 2 N–H and O–H groups in total. The third-order valence-corrected chi connectivity index (χ3v) is 4.96. The van der Waals surface area contributed by atoms with Crippen molar-refractivity contribution in [3.05, 3.63) is 23.2 Å². The number of hydrogen-bond donors (Lipinski definition) is 2. The number of aromatic hydroxyl groups is 1. The van der Waals surface area contributed by atoms with Crippen LogP contribution < -0.4 is 4.72 Å². The zero-order chi connectivity index (χ0) is 14.0. The number of rotatable bonds is 3. The van der Waals surface area contributed by atoms with Crippen LogP contribution in [0.25, 0.3) is 0 Å². The second-order valence-electron chi connectivity index (χ2n) is 4.88. The van der Waals surface area contributed by atoms with Gasteiger partial charge in [0.05, 0.1) is 10.7 Å². The number of halogens is 1. The van der Waals surface area contributed by atoms with E-state index in [1.54, 1.807) is 0 Å². The molecule has 1 aliphatic heterocycles. The van der Waals surface area contributed by atoms with Crippen molar-refractivity contribution >= 4 is 27.5 Å². The molecule has 0 spiro atoms. The largest absolute Gasteiger partial charge is 0.506 e. The Labute approximate surface area is 118 Å².